The topological polar surface area (TPSA) is 108 Å². The molecule has 174 valence electrons. The van der Waals surface area contributed by atoms with Gasteiger partial charge in [-0.05, 0) is 61.0 Å². The molecule has 1 unspecified atom stereocenters. The molecule has 1 aromatic rings. The minimum absolute atomic E-state index is 0.0868. The van der Waals surface area contributed by atoms with Crippen molar-refractivity contribution in [2.24, 2.45) is 0 Å². The summed E-state index contributed by atoms with van der Waals surface area (Å²) >= 11 is 0. The minimum Gasteiger partial charge on any atom is -0.508 e. The zero-order chi connectivity index (χ0) is 24.0. The molecule has 1 aromatic carbocycles. The Kier molecular flexibility index (Phi) is 8.90. The van der Waals surface area contributed by atoms with Crippen LogP contribution in [0.4, 0.5) is 4.79 Å². The van der Waals surface area contributed by atoms with E-state index in [9.17, 15) is 19.5 Å². The number of aromatic hydroxyl groups is 1. The van der Waals surface area contributed by atoms with Gasteiger partial charge in [-0.3, -0.25) is 9.59 Å². The van der Waals surface area contributed by atoms with E-state index in [0.29, 0.717) is 12.0 Å². The smallest absolute Gasteiger partial charge is 0.408 e. The van der Waals surface area contributed by atoms with Gasteiger partial charge in [0.15, 0.2) is 0 Å². The molecule has 0 aliphatic carbocycles. The molecule has 0 spiro atoms. The Balaban J connectivity index is 3.35. The van der Waals surface area contributed by atoms with Crippen LogP contribution in [0.1, 0.15) is 73.4 Å². The fraction of sp³-hybridized carbons (Fsp3) is 0.609. The molecule has 1 rings (SSSR count). The third-order valence-electron chi connectivity index (χ3n) is 4.74. The lowest BCUT2D eigenvalue weighted by atomic mass is 9.92. The van der Waals surface area contributed by atoms with Crippen molar-refractivity contribution < 1.29 is 24.2 Å². The van der Waals surface area contributed by atoms with Crippen LogP contribution in [0.5, 0.6) is 5.75 Å². The molecule has 8 nitrogen and oxygen atoms in total. The van der Waals surface area contributed by atoms with E-state index in [4.69, 9.17) is 4.74 Å². The van der Waals surface area contributed by atoms with Crippen molar-refractivity contribution in [3.63, 3.8) is 0 Å². The molecule has 0 saturated heterocycles. The molecule has 0 radical (unpaired) electrons. The number of nitrogens with zero attached hydrogens (tertiary/aromatic N) is 1. The second-order valence-corrected chi connectivity index (χ2v) is 9.41. The summed E-state index contributed by atoms with van der Waals surface area (Å²) in [5.74, 6) is -0.968. The van der Waals surface area contributed by atoms with Gasteiger partial charge in [-0.2, -0.15) is 0 Å². The quantitative estimate of drug-likeness (QED) is 0.579. The molecule has 0 aliphatic heterocycles. The number of phenols is 1. The van der Waals surface area contributed by atoms with E-state index in [-0.39, 0.29) is 18.3 Å². The number of benzene rings is 1. The lowest BCUT2D eigenvalue weighted by molar-refractivity contribution is -0.147. The van der Waals surface area contributed by atoms with Crippen LogP contribution in [0, 0.1) is 0 Å². The molecule has 0 aromatic heterocycles. The number of rotatable bonds is 8. The van der Waals surface area contributed by atoms with E-state index in [1.807, 2.05) is 34.6 Å². The number of phenolic OH excluding ortho intramolecular Hbond substituents is 1. The van der Waals surface area contributed by atoms with Crippen molar-refractivity contribution in [1.29, 1.82) is 0 Å². The summed E-state index contributed by atoms with van der Waals surface area (Å²) < 4.78 is 5.20. The number of nitrogens with one attached hydrogen (secondary N) is 2. The first-order chi connectivity index (χ1) is 14.2. The molecule has 0 heterocycles. The molecular weight excluding hydrogens is 398 g/mol. The summed E-state index contributed by atoms with van der Waals surface area (Å²) in [6, 6.07) is 5.20. The van der Waals surface area contributed by atoms with Gasteiger partial charge in [0, 0.05) is 17.1 Å². The second-order valence-electron chi connectivity index (χ2n) is 9.41. The Labute approximate surface area is 185 Å². The summed E-state index contributed by atoms with van der Waals surface area (Å²) in [4.78, 5) is 40.0. The Morgan fingerprint density at radius 1 is 1.10 bits per heavy atom. The average molecular weight is 436 g/mol. The SMILES string of the molecule is CCC(C)(C)N(C(=O)CNC(=O)OC(C)(C)C)C(C(=O)NC(C)C)c1ccccc1O. The Morgan fingerprint density at radius 2 is 1.68 bits per heavy atom. The number of carbonyl (C=O) groups excluding carboxylic acids is 3. The maximum Gasteiger partial charge on any atom is 0.408 e. The van der Waals surface area contributed by atoms with Crippen molar-refractivity contribution in [2.45, 2.75) is 85.0 Å². The van der Waals surface area contributed by atoms with Gasteiger partial charge >= 0.3 is 6.09 Å². The van der Waals surface area contributed by atoms with Crippen molar-refractivity contribution >= 4 is 17.9 Å². The van der Waals surface area contributed by atoms with E-state index < -0.39 is 35.1 Å². The molecule has 0 saturated carbocycles. The van der Waals surface area contributed by atoms with Crippen LogP contribution in [0.15, 0.2) is 24.3 Å². The first kappa shape index (κ1) is 26.3. The number of alkyl carbamates (subject to hydrolysis) is 1. The normalized spacial score (nSPS) is 12.8. The highest BCUT2D eigenvalue weighted by atomic mass is 16.6. The van der Waals surface area contributed by atoms with Crippen LogP contribution < -0.4 is 10.6 Å². The van der Waals surface area contributed by atoms with Crippen molar-refractivity contribution in [3.8, 4) is 5.75 Å². The highest BCUT2D eigenvalue weighted by Crippen LogP contribution is 2.35. The zero-order valence-corrected chi connectivity index (χ0v) is 19.9. The van der Waals surface area contributed by atoms with E-state index in [1.54, 1.807) is 39.0 Å². The van der Waals surface area contributed by atoms with Crippen molar-refractivity contribution in [1.82, 2.24) is 15.5 Å². The zero-order valence-electron chi connectivity index (χ0n) is 19.9. The molecular formula is C23H37N3O5. The van der Waals surface area contributed by atoms with Gasteiger partial charge in [0.2, 0.25) is 11.8 Å². The molecule has 0 aliphatic rings. The van der Waals surface area contributed by atoms with Crippen molar-refractivity contribution in [3.05, 3.63) is 29.8 Å². The van der Waals surface area contributed by atoms with Crippen LogP contribution in [0.3, 0.4) is 0 Å². The lowest BCUT2D eigenvalue weighted by Crippen LogP contribution is -2.56. The third-order valence-corrected chi connectivity index (χ3v) is 4.74. The van der Waals surface area contributed by atoms with Gasteiger partial charge in [0.25, 0.3) is 0 Å². The van der Waals surface area contributed by atoms with Gasteiger partial charge < -0.3 is 25.4 Å². The van der Waals surface area contributed by atoms with Crippen LogP contribution in [-0.2, 0) is 14.3 Å². The largest absolute Gasteiger partial charge is 0.508 e. The predicted octanol–water partition coefficient (Wildman–Crippen LogP) is 3.50. The highest BCUT2D eigenvalue weighted by Gasteiger charge is 2.41. The van der Waals surface area contributed by atoms with Gasteiger partial charge in [0.1, 0.15) is 23.9 Å². The highest BCUT2D eigenvalue weighted by molar-refractivity contribution is 5.91. The molecule has 31 heavy (non-hydrogen) atoms. The van der Waals surface area contributed by atoms with Crippen molar-refractivity contribution in [2.75, 3.05) is 6.54 Å². The minimum atomic E-state index is -1.08. The Morgan fingerprint density at radius 3 is 2.16 bits per heavy atom. The molecule has 0 bridgehead atoms. The van der Waals surface area contributed by atoms with Crippen LogP contribution >= 0.6 is 0 Å². The van der Waals surface area contributed by atoms with Gasteiger partial charge in [-0.1, -0.05) is 25.1 Å². The first-order valence-electron chi connectivity index (χ1n) is 10.6. The van der Waals surface area contributed by atoms with E-state index >= 15 is 0 Å². The fourth-order valence-electron chi connectivity index (χ4n) is 3.03. The van der Waals surface area contributed by atoms with Crippen LogP contribution in [-0.4, -0.2) is 51.6 Å². The van der Waals surface area contributed by atoms with Gasteiger partial charge in [-0.15, -0.1) is 0 Å². The van der Waals surface area contributed by atoms with Crippen LogP contribution in [0.2, 0.25) is 0 Å². The summed E-state index contributed by atoms with van der Waals surface area (Å²) in [5.41, 5.74) is -1.13. The summed E-state index contributed by atoms with van der Waals surface area (Å²) in [5, 5.41) is 15.8. The van der Waals surface area contributed by atoms with Gasteiger partial charge in [-0.25, -0.2) is 4.79 Å². The second kappa shape index (κ2) is 10.5. The molecule has 3 amide bonds. The number of ether oxygens (including phenoxy) is 1. The molecule has 1 atom stereocenters. The van der Waals surface area contributed by atoms with Crippen LogP contribution in [0.25, 0.3) is 0 Å². The lowest BCUT2D eigenvalue weighted by Gasteiger charge is -2.43. The number of hydrogen-bond donors (Lipinski definition) is 3. The van der Waals surface area contributed by atoms with E-state index in [2.05, 4.69) is 10.6 Å². The predicted molar refractivity (Wildman–Crippen MR) is 120 cm³/mol. The average Bonchev–Trinajstić information content (AvgIpc) is 2.62. The Bertz CT molecular complexity index is 784. The first-order valence-corrected chi connectivity index (χ1v) is 10.6. The Hall–Kier alpha value is -2.77. The fourth-order valence-corrected chi connectivity index (χ4v) is 3.03. The summed E-state index contributed by atoms with van der Waals surface area (Å²) in [6.45, 7) is 14.1. The van der Waals surface area contributed by atoms with E-state index in [1.165, 1.54) is 11.0 Å². The number of carbonyl (C=O) groups is 3. The summed E-state index contributed by atoms with van der Waals surface area (Å²) in [7, 11) is 0. The standard InChI is InChI=1S/C23H37N3O5/c1-9-23(7,8)26(18(28)14-24-21(30)31-22(4,5)6)19(20(29)25-15(2)3)16-12-10-11-13-17(16)27/h10-13,15,19,27H,9,14H2,1-8H3,(H,24,30)(H,25,29). The molecule has 8 heteroatoms. The monoisotopic (exact) mass is 435 g/mol. The maximum absolute atomic E-state index is 13.3. The van der Waals surface area contributed by atoms with E-state index in [0.717, 1.165) is 0 Å². The molecule has 0 fully saturated rings. The maximum atomic E-state index is 13.3. The third kappa shape index (κ3) is 7.77. The summed E-state index contributed by atoms with van der Waals surface area (Å²) in [6.07, 6.45) is -0.176. The molecule has 3 N–H and O–H groups in total. The number of hydrogen-bond acceptors (Lipinski definition) is 5. The number of amides is 3. The van der Waals surface area contributed by atoms with Gasteiger partial charge in [0.05, 0.1) is 0 Å². The number of para-hydroxylation sites is 1.